The summed E-state index contributed by atoms with van der Waals surface area (Å²) in [5, 5.41) is 11.6. The number of benzene rings is 3. The molecule has 1 heterocycles. The van der Waals surface area contributed by atoms with Crippen LogP contribution in [0, 0.1) is 0 Å². The number of thiocarbonyl (C=S) groups is 1. The zero-order chi connectivity index (χ0) is 24.9. The number of carbonyl (C=O) groups is 3. The summed E-state index contributed by atoms with van der Waals surface area (Å²) in [5.74, 6) is -1.55. The van der Waals surface area contributed by atoms with Gasteiger partial charge in [0.15, 0.2) is 16.6 Å². The van der Waals surface area contributed by atoms with Crippen LogP contribution in [0.25, 0.3) is 6.08 Å². The van der Waals surface area contributed by atoms with Gasteiger partial charge in [0.2, 0.25) is 0 Å². The summed E-state index contributed by atoms with van der Waals surface area (Å²) < 4.78 is 11.3. The molecule has 1 fully saturated rings. The number of aromatic carboxylic acids is 1. The van der Waals surface area contributed by atoms with Gasteiger partial charge in [-0.15, -0.1) is 0 Å². The summed E-state index contributed by atoms with van der Waals surface area (Å²) in [6.07, 6.45) is 1.41. The Morgan fingerprint density at radius 3 is 2.51 bits per heavy atom. The molecule has 0 aromatic heterocycles. The van der Waals surface area contributed by atoms with Crippen molar-refractivity contribution in [2.45, 2.75) is 6.61 Å². The number of anilines is 1. The molecule has 0 spiro atoms. The molecular formula is C26H20N2O6S. The molecule has 0 radical (unpaired) electrons. The van der Waals surface area contributed by atoms with Crippen LogP contribution < -0.4 is 19.7 Å². The van der Waals surface area contributed by atoms with E-state index in [1.165, 1.54) is 37.5 Å². The van der Waals surface area contributed by atoms with Gasteiger partial charge in [0.25, 0.3) is 11.8 Å². The van der Waals surface area contributed by atoms with E-state index < -0.39 is 17.8 Å². The van der Waals surface area contributed by atoms with Gasteiger partial charge in [-0.3, -0.25) is 19.8 Å². The van der Waals surface area contributed by atoms with E-state index >= 15 is 0 Å². The summed E-state index contributed by atoms with van der Waals surface area (Å²) >= 11 is 5.18. The van der Waals surface area contributed by atoms with Gasteiger partial charge in [-0.25, -0.2) is 4.79 Å². The van der Waals surface area contributed by atoms with E-state index in [-0.39, 0.29) is 21.9 Å². The number of methoxy groups -OCH3 is 1. The number of ether oxygens (including phenoxy) is 2. The van der Waals surface area contributed by atoms with Crippen LogP contribution in [-0.4, -0.2) is 35.1 Å². The fourth-order valence-electron chi connectivity index (χ4n) is 3.47. The first kappa shape index (κ1) is 23.7. The van der Waals surface area contributed by atoms with Gasteiger partial charge in [0.05, 0.1) is 18.4 Å². The van der Waals surface area contributed by atoms with Gasteiger partial charge in [0.1, 0.15) is 12.2 Å². The lowest BCUT2D eigenvalue weighted by atomic mass is 10.1. The van der Waals surface area contributed by atoms with Crippen molar-refractivity contribution in [2.75, 3.05) is 12.0 Å². The van der Waals surface area contributed by atoms with Crippen LogP contribution in [0.2, 0.25) is 0 Å². The fraction of sp³-hybridized carbons (Fsp3) is 0.0769. The molecule has 0 aliphatic carbocycles. The van der Waals surface area contributed by atoms with Crippen molar-refractivity contribution >= 4 is 46.9 Å². The number of nitrogens with one attached hydrogen (secondary N) is 1. The monoisotopic (exact) mass is 488 g/mol. The zero-order valence-corrected chi connectivity index (χ0v) is 19.4. The minimum absolute atomic E-state index is 0.0173. The first-order chi connectivity index (χ1) is 16.9. The molecule has 4 rings (SSSR count). The number of rotatable bonds is 7. The van der Waals surface area contributed by atoms with E-state index in [0.717, 1.165) is 10.5 Å². The second-order valence-corrected chi connectivity index (χ2v) is 7.88. The van der Waals surface area contributed by atoms with Crippen LogP contribution in [-0.2, 0) is 16.2 Å². The van der Waals surface area contributed by atoms with Crippen molar-refractivity contribution in [1.29, 1.82) is 0 Å². The maximum Gasteiger partial charge on any atom is 0.335 e. The Morgan fingerprint density at radius 2 is 1.80 bits per heavy atom. The third-order valence-electron chi connectivity index (χ3n) is 5.19. The first-order valence-electron chi connectivity index (χ1n) is 10.5. The smallest absolute Gasteiger partial charge is 0.335 e. The van der Waals surface area contributed by atoms with Crippen molar-refractivity contribution in [1.82, 2.24) is 5.32 Å². The summed E-state index contributed by atoms with van der Waals surface area (Å²) in [7, 11) is 1.50. The van der Waals surface area contributed by atoms with E-state index in [1.54, 1.807) is 18.2 Å². The third kappa shape index (κ3) is 5.20. The Kier molecular flexibility index (Phi) is 6.88. The van der Waals surface area contributed by atoms with E-state index in [0.29, 0.717) is 23.7 Å². The summed E-state index contributed by atoms with van der Waals surface area (Å²) in [4.78, 5) is 38.2. The Bertz CT molecular complexity index is 1350. The molecule has 1 saturated heterocycles. The highest BCUT2D eigenvalue weighted by Crippen LogP contribution is 2.30. The lowest BCUT2D eigenvalue weighted by Gasteiger charge is -2.29. The molecule has 1 aliphatic rings. The van der Waals surface area contributed by atoms with Crippen LogP contribution in [0.4, 0.5) is 5.69 Å². The maximum atomic E-state index is 13.2. The normalized spacial score (nSPS) is 14.6. The molecule has 176 valence electrons. The quantitative estimate of drug-likeness (QED) is 0.296. The molecule has 2 N–H and O–H groups in total. The zero-order valence-electron chi connectivity index (χ0n) is 18.6. The highest BCUT2D eigenvalue weighted by Gasteiger charge is 2.34. The number of carboxylic acid groups (broad SMARTS) is 1. The second kappa shape index (κ2) is 10.2. The van der Waals surface area contributed by atoms with E-state index in [1.807, 2.05) is 30.3 Å². The van der Waals surface area contributed by atoms with Gasteiger partial charge in [-0.1, -0.05) is 42.5 Å². The van der Waals surface area contributed by atoms with Gasteiger partial charge < -0.3 is 14.6 Å². The largest absolute Gasteiger partial charge is 0.493 e. The Balaban J connectivity index is 1.61. The molecule has 3 aromatic carbocycles. The highest BCUT2D eigenvalue weighted by atomic mass is 32.1. The first-order valence-corrected chi connectivity index (χ1v) is 10.9. The fourth-order valence-corrected chi connectivity index (χ4v) is 3.75. The number of hydrogen-bond donors (Lipinski definition) is 2. The minimum atomic E-state index is -1.15. The van der Waals surface area contributed by atoms with Gasteiger partial charge in [-0.05, 0) is 59.8 Å². The predicted molar refractivity (Wildman–Crippen MR) is 133 cm³/mol. The van der Waals surface area contributed by atoms with Gasteiger partial charge >= 0.3 is 5.97 Å². The predicted octanol–water partition coefficient (Wildman–Crippen LogP) is 3.80. The van der Waals surface area contributed by atoms with Gasteiger partial charge in [-0.2, -0.15) is 0 Å². The molecule has 0 saturated carbocycles. The van der Waals surface area contributed by atoms with E-state index in [4.69, 9.17) is 21.7 Å². The highest BCUT2D eigenvalue weighted by molar-refractivity contribution is 7.80. The van der Waals surface area contributed by atoms with Crippen molar-refractivity contribution in [3.8, 4) is 11.5 Å². The van der Waals surface area contributed by atoms with Crippen LogP contribution in [0.15, 0.2) is 78.4 Å². The Morgan fingerprint density at radius 1 is 1.03 bits per heavy atom. The Labute approximate surface area is 206 Å². The summed E-state index contributed by atoms with van der Waals surface area (Å²) in [6.45, 7) is 0.348. The summed E-state index contributed by atoms with van der Waals surface area (Å²) in [6, 6.07) is 20.4. The number of amides is 2. The number of carboxylic acids is 1. The molecule has 1 aliphatic heterocycles. The molecule has 0 atom stereocenters. The number of nitrogens with zero attached hydrogens (tertiary/aromatic N) is 1. The average Bonchev–Trinajstić information content (AvgIpc) is 2.86. The van der Waals surface area contributed by atoms with Crippen molar-refractivity contribution in [3.05, 3.63) is 95.1 Å². The molecule has 35 heavy (non-hydrogen) atoms. The SMILES string of the molecule is COc1cc(C=C2C(=O)NC(=S)N(c3cccc(C(=O)O)c3)C2=O)ccc1OCc1ccccc1. The number of hydrogen-bond acceptors (Lipinski definition) is 6. The lowest BCUT2D eigenvalue weighted by Crippen LogP contribution is -2.54. The molecule has 9 heteroatoms. The van der Waals surface area contributed by atoms with Crippen molar-refractivity contribution in [2.24, 2.45) is 0 Å². The molecule has 2 amide bonds. The number of carbonyl (C=O) groups excluding carboxylic acids is 2. The van der Waals surface area contributed by atoms with Crippen LogP contribution >= 0.6 is 12.2 Å². The molecule has 0 unspecified atom stereocenters. The molecule has 3 aromatic rings. The minimum Gasteiger partial charge on any atom is -0.493 e. The maximum absolute atomic E-state index is 13.2. The van der Waals surface area contributed by atoms with Crippen molar-refractivity contribution < 1.29 is 29.0 Å². The molecule has 8 nitrogen and oxygen atoms in total. The average molecular weight is 489 g/mol. The van der Waals surface area contributed by atoms with Crippen LogP contribution in [0.5, 0.6) is 11.5 Å². The summed E-state index contributed by atoms with van der Waals surface area (Å²) in [5.41, 5.74) is 1.57. The second-order valence-electron chi connectivity index (χ2n) is 7.50. The van der Waals surface area contributed by atoms with Gasteiger partial charge in [0, 0.05) is 0 Å². The standard InChI is InChI=1S/C26H20N2O6S/c1-33-22-13-17(10-11-21(22)34-15-16-6-3-2-4-7-16)12-20-23(29)27-26(35)28(24(20)30)19-9-5-8-18(14-19)25(31)32/h2-14H,15H2,1H3,(H,31,32)(H,27,29,35). The lowest BCUT2D eigenvalue weighted by molar-refractivity contribution is -0.122. The van der Waals surface area contributed by atoms with Crippen molar-refractivity contribution in [3.63, 3.8) is 0 Å². The third-order valence-corrected chi connectivity index (χ3v) is 5.47. The Hall–Kier alpha value is -4.50. The molecular weight excluding hydrogens is 468 g/mol. The molecule has 0 bridgehead atoms. The topological polar surface area (TPSA) is 105 Å². The van der Waals surface area contributed by atoms with Crippen LogP contribution in [0.3, 0.4) is 0 Å². The van der Waals surface area contributed by atoms with Crippen LogP contribution in [0.1, 0.15) is 21.5 Å². The van der Waals surface area contributed by atoms with E-state index in [2.05, 4.69) is 5.32 Å². The van der Waals surface area contributed by atoms with E-state index in [9.17, 15) is 19.5 Å².